The van der Waals surface area contributed by atoms with Crippen LogP contribution >= 0.6 is 11.3 Å². The molecular weight excluding hydrogens is 198 g/mol. The Balaban J connectivity index is 2.28. The third-order valence-corrected chi connectivity index (χ3v) is 2.94. The molecule has 3 nitrogen and oxygen atoms in total. The predicted octanol–water partition coefficient (Wildman–Crippen LogP) is 0.889. The zero-order valence-electron chi connectivity index (χ0n) is 8.58. The van der Waals surface area contributed by atoms with E-state index in [2.05, 4.69) is 24.4 Å². The molecular formula is C10H17NO2S. The van der Waals surface area contributed by atoms with Gasteiger partial charge in [-0.1, -0.05) is 0 Å². The molecule has 0 aliphatic rings. The number of aliphatic hydroxyl groups excluding tert-OH is 1. The molecule has 1 aromatic heterocycles. The second kappa shape index (κ2) is 4.89. The van der Waals surface area contributed by atoms with Crippen molar-refractivity contribution >= 4 is 11.3 Å². The number of hydrogen-bond acceptors (Lipinski definition) is 4. The molecule has 0 amide bonds. The molecule has 0 aromatic carbocycles. The van der Waals surface area contributed by atoms with Gasteiger partial charge in [-0.3, -0.25) is 0 Å². The van der Waals surface area contributed by atoms with Crippen molar-refractivity contribution in [3.63, 3.8) is 0 Å². The molecule has 14 heavy (non-hydrogen) atoms. The number of hydrogen-bond donors (Lipinski definition) is 3. The van der Waals surface area contributed by atoms with Crippen LogP contribution in [-0.2, 0) is 6.54 Å². The minimum Gasteiger partial charge on any atom is -0.393 e. The maximum atomic E-state index is 9.50. The summed E-state index contributed by atoms with van der Waals surface area (Å²) >= 11 is 1.74. The second-order valence-electron chi connectivity index (χ2n) is 3.77. The molecule has 0 fully saturated rings. The fourth-order valence-electron chi connectivity index (χ4n) is 1.09. The molecule has 0 aliphatic heterocycles. The van der Waals surface area contributed by atoms with Gasteiger partial charge < -0.3 is 15.5 Å². The van der Waals surface area contributed by atoms with E-state index in [1.165, 1.54) is 9.75 Å². The molecule has 0 saturated carbocycles. The largest absolute Gasteiger partial charge is 0.393 e. The minimum absolute atomic E-state index is 0.219. The molecule has 80 valence electrons. The average molecular weight is 215 g/mol. The number of nitrogens with one attached hydrogen (secondary N) is 1. The van der Waals surface area contributed by atoms with Crippen LogP contribution in [0.1, 0.15) is 16.7 Å². The molecule has 0 radical (unpaired) electrons. The number of aryl methyl sites for hydroxylation is 1. The minimum atomic E-state index is -1.02. The summed E-state index contributed by atoms with van der Waals surface area (Å²) < 4.78 is 0. The Hall–Kier alpha value is -0.420. The van der Waals surface area contributed by atoms with Crippen LogP contribution in [-0.4, -0.2) is 29.0 Å². The molecule has 0 aliphatic carbocycles. The first kappa shape index (κ1) is 11.7. The lowest BCUT2D eigenvalue weighted by atomic mass is 10.1. The van der Waals surface area contributed by atoms with Crippen molar-refractivity contribution < 1.29 is 10.2 Å². The highest BCUT2D eigenvalue weighted by atomic mass is 32.1. The number of rotatable bonds is 5. The van der Waals surface area contributed by atoms with Crippen LogP contribution < -0.4 is 5.32 Å². The summed E-state index contributed by atoms with van der Waals surface area (Å²) in [5.74, 6) is 0. The molecule has 4 heteroatoms. The van der Waals surface area contributed by atoms with Gasteiger partial charge in [-0.15, -0.1) is 11.3 Å². The standard InChI is InChI=1S/C10H17NO2S/c1-8-3-4-9(14-8)5-11-6-10(2,13)7-12/h3-4,11-13H,5-7H2,1-2H3. The molecule has 0 bridgehead atoms. The van der Waals surface area contributed by atoms with E-state index in [0.717, 1.165) is 6.54 Å². The SMILES string of the molecule is Cc1ccc(CNCC(C)(O)CO)s1. The third kappa shape index (κ3) is 3.75. The van der Waals surface area contributed by atoms with Gasteiger partial charge in [0.15, 0.2) is 0 Å². The van der Waals surface area contributed by atoms with Gasteiger partial charge in [0.1, 0.15) is 0 Å². The van der Waals surface area contributed by atoms with Gasteiger partial charge in [0.25, 0.3) is 0 Å². The normalized spacial score (nSPS) is 15.4. The maximum absolute atomic E-state index is 9.50. The van der Waals surface area contributed by atoms with Crippen molar-refractivity contribution in [3.8, 4) is 0 Å². The van der Waals surface area contributed by atoms with Crippen molar-refractivity contribution in [2.24, 2.45) is 0 Å². The predicted molar refractivity (Wildman–Crippen MR) is 58.5 cm³/mol. The van der Waals surface area contributed by atoms with Crippen molar-refractivity contribution in [2.75, 3.05) is 13.2 Å². The maximum Gasteiger partial charge on any atom is 0.0972 e. The summed E-state index contributed by atoms with van der Waals surface area (Å²) in [5.41, 5.74) is -1.02. The lowest BCUT2D eigenvalue weighted by molar-refractivity contribution is 0.00258. The number of aliphatic hydroxyl groups is 2. The fourth-order valence-corrected chi connectivity index (χ4v) is 1.95. The summed E-state index contributed by atoms with van der Waals surface area (Å²) in [4.78, 5) is 2.53. The highest BCUT2D eigenvalue weighted by Gasteiger charge is 2.17. The smallest absolute Gasteiger partial charge is 0.0972 e. The zero-order valence-corrected chi connectivity index (χ0v) is 9.40. The van der Waals surface area contributed by atoms with Gasteiger partial charge in [0, 0.05) is 22.8 Å². The Bertz CT molecular complexity index is 283. The molecule has 1 rings (SSSR count). The first-order chi connectivity index (χ1) is 6.53. The van der Waals surface area contributed by atoms with Crippen LogP contribution in [0.5, 0.6) is 0 Å². The van der Waals surface area contributed by atoms with E-state index < -0.39 is 5.60 Å². The molecule has 0 spiro atoms. The Labute approximate surface area is 88.4 Å². The van der Waals surface area contributed by atoms with Crippen LogP contribution in [0.25, 0.3) is 0 Å². The second-order valence-corrected chi connectivity index (χ2v) is 5.14. The quantitative estimate of drug-likeness (QED) is 0.683. The van der Waals surface area contributed by atoms with Crippen LogP contribution in [0.2, 0.25) is 0 Å². The highest BCUT2D eigenvalue weighted by molar-refractivity contribution is 7.11. The Morgan fingerprint density at radius 1 is 1.50 bits per heavy atom. The zero-order chi connectivity index (χ0) is 10.6. The fraction of sp³-hybridized carbons (Fsp3) is 0.600. The van der Waals surface area contributed by atoms with E-state index >= 15 is 0 Å². The Morgan fingerprint density at radius 3 is 2.71 bits per heavy atom. The molecule has 3 N–H and O–H groups in total. The van der Waals surface area contributed by atoms with Crippen molar-refractivity contribution in [1.82, 2.24) is 5.32 Å². The lowest BCUT2D eigenvalue weighted by Gasteiger charge is -2.20. The first-order valence-electron chi connectivity index (χ1n) is 4.63. The van der Waals surface area contributed by atoms with E-state index in [1.54, 1.807) is 18.3 Å². The highest BCUT2D eigenvalue weighted by Crippen LogP contribution is 2.14. The third-order valence-electron chi connectivity index (χ3n) is 1.94. The van der Waals surface area contributed by atoms with Gasteiger partial charge in [0.2, 0.25) is 0 Å². The van der Waals surface area contributed by atoms with Gasteiger partial charge in [0.05, 0.1) is 12.2 Å². The molecule has 0 saturated heterocycles. The van der Waals surface area contributed by atoms with E-state index in [1.807, 2.05) is 0 Å². The van der Waals surface area contributed by atoms with Crippen molar-refractivity contribution in [2.45, 2.75) is 26.0 Å². The first-order valence-corrected chi connectivity index (χ1v) is 5.44. The summed E-state index contributed by atoms with van der Waals surface area (Å²) in [7, 11) is 0. The molecule has 1 atom stereocenters. The van der Waals surface area contributed by atoms with Crippen LogP contribution in [0.4, 0.5) is 0 Å². The van der Waals surface area contributed by atoms with E-state index in [4.69, 9.17) is 5.11 Å². The van der Waals surface area contributed by atoms with E-state index in [0.29, 0.717) is 6.54 Å². The number of thiophene rings is 1. The van der Waals surface area contributed by atoms with E-state index in [-0.39, 0.29) is 6.61 Å². The van der Waals surface area contributed by atoms with Crippen molar-refractivity contribution in [3.05, 3.63) is 21.9 Å². The molecule has 1 heterocycles. The molecule has 1 aromatic rings. The topological polar surface area (TPSA) is 52.5 Å². The Morgan fingerprint density at radius 2 is 2.21 bits per heavy atom. The summed E-state index contributed by atoms with van der Waals surface area (Å²) in [5, 5.41) is 21.4. The van der Waals surface area contributed by atoms with Crippen LogP contribution in [0, 0.1) is 6.92 Å². The van der Waals surface area contributed by atoms with Gasteiger partial charge >= 0.3 is 0 Å². The summed E-state index contributed by atoms with van der Waals surface area (Å²) in [6.45, 7) is 4.61. The van der Waals surface area contributed by atoms with Crippen LogP contribution in [0.3, 0.4) is 0 Å². The Kier molecular flexibility index (Phi) is 4.07. The van der Waals surface area contributed by atoms with Gasteiger partial charge in [-0.25, -0.2) is 0 Å². The van der Waals surface area contributed by atoms with Gasteiger partial charge in [-0.05, 0) is 26.0 Å². The van der Waals surface area contributed by atoms with Crippen LogP contribution in [0.15, 0.2) is 12.1 Å². The van der Waals surface area contributed by atoms with Crippen molar-refractivity contribution in [1.29, 1.82) is 0 Å². The lowest BCUT2D eigenvalue weighted by Crippen LogP contribution is -2.40. The summed E-state index contributed by atoms with van der Waals surface area (Å²) in [6, 6.07) is 4.15. The van der Waals surface area contributed by atoms with Gasteiger partial charge in [-0.2, -0.15) is 0 Å². The monoisotopic (exact) mass is 215 g/mol. The molecule has 1 unspecified atom stereocenters. The average Bonchev–Trinajstić information content (AvgIpc) is 2.51. The van der Waals surface area contributed by atoms with E-state index in [9.17, 15) is 5.11 Å². The summed E-state index contributed by atoms with van der Waals surface area (Å²) in [6.07, 6.45) is 0.